The number of fused-ring (bicyclic) bond motifs is 1. The first-order valence-corrected chi connectivity index (χ1v) is 12.1. The number of rotatable bonds is 8. The number of halogens is 3. The van der Waals surface area contributed by atoms with E-state index in [0.717, 1.165) is 24.4 Å². The van der Waals surface area contributed by atoms with Crippen molar-refractivity contribution in [1.29, 1.82) is 5.26 Å². The van der Waals surface area contributed by atoms with E-state index in [0.29, 0.717) is 36.0 Å². The van der Waals surface area contributed by atoms with Crippen molar-refractivity contribution in [1.82, 2.24) is 19.3 Å². The quantitative estimate of drug-likeness (QED) is 0.488. The zero-order valence-corrected chi connectivity index (χ0v) is 19.5. The first kappa shape index (κ1) is 24.4. The van der Waals surface area contributed by atoms with E-state index in [1.165, 1.54) is 6.07 Å². The topological polar surface area (TPSA) is 110 Å². The zero-order valence-electron chi connectivity index (χ0n) is 18.7. The number of nitrogens with zero attached hydrogens (tertiary/aromatic N) is 4. The van der Waals surface area contributed by atoms with E-state index < -0.39 is 27.1 Å². The van der Waals surface area contributed by atoms with E-state index in [4.69, 9.17) is 4.74 Å². The number of aromatic nitrogens is 3. The Labute approximate surface area is 199 Å². The van der Waals surface area contributed by atoms with Gasteiger partial charge in [-0.1, -0.05) is 13.0 Å². The van der Waals surface area contributed by atoms with Crippen LogP contribution < -0.4 is 9.46 Å². The van der Waals surface area contributed by atoms with E-state index in [1.807, 2.05) is 25.2 Å². The Bertz CT molecular complexity index is 1480. The highest BCUT2D eigenvalue weighted by atomic mass is 32.2. The molecule has 4 rings (SSSR count). The second-order valence-electron chi connectivity index (χ2n) is 7.78. The molecule has 3 aromatic rings. The Balaban J connectivity index is 1.80. The van der Waals surface area contributed by atoms with E-state index in [1.54, 1.807) is 21.6 Å². The van der Waals surface area contributed by atoms with Crippen LogP contribution in [0, 0.1) is 11.3 Å². The van der Waals surface area contributed by atoms with Crippen molar-refractivity contribution in [2.24, 2.45) is 0 Å². The molecule has 0 bridgehead atoms. The maximum absolute atomic E-state index is 12.8. The molecule has 0 aromatic carbocycles. The number of pyridine rings is 2. The predicted octanol–water partition coefficient (Wildman–Crippen LogP) is 4.40. The SMILES string of the molecule is CCCOc1cnc2c(c1)c(C#N)c(-c1ccc(S(=O)(=O)NC(C)C(F)(F)F)cn1)n2C1=CC=C1. The van der Waals surface area contributed by atoms with Crippen LogP contribution in [0.4, 0.5) is 13.2 Å². The van der Waals surface area contributed by atoms with Crippen molar-refractivity contribution in [2.75, 3.05) is 6.61 Å². The number of ether oxygens (including phenoxy) is 1. The van der Waals surface area contributed by atoms with Gasteiger partial charge < -0.3 is 4.74 Å². The van der Waals surface area contributed by atoms with E-state index in [9.17, 15) is 26.9 Å². The van der Waals surface area contributed by atoms with E-state index >= 15 is 0 Å². The summed E-state index contributed by atoms with van der Waals surface area (Å²) in [5.41, 5.74) is 2.09. The van der Waals surface area contributed by atoms with Crippen LogP contribution in [0.15, 0.2) is 53.7 Å². The Morgan fingerprint density at radius 1 is 1.26 bits per heavy atom. The second kappa shape index (κ2) is 9.16. The third kappa shape index (κ3) is 4.65. The molecular formula is C23H20F3N5O3S. The number of hydrogen-bond donors (Lipinski definition) is 1. The highest BCUT2D eigenvalue weighted by molar-refractivity contribution is 7.89. The molecule has 1 atom stereocenters. The maximum Gasteiger partial charge on any atom is 0.404 e. The normalized spacial score (nSPS) is 14.3. The molecular weight excluding hydrogens is 483 g/mol. The number of nitrogens with one attached hydrogen (secondary N) is 1. The number of allylic oxidation sites excluding steroid dienone is 4. The molecule has 3 heterocycles. The first-order valence-electron chi connectivity index (χ1n) is 10.6. The molecule has 3 aromatic heterocycles. The maximum atomic E-state index is 12.8. The summed E-state index contributed by atoms with van der Waals surface area (Å²) in [6.07, 6.45) is 4.01. The van der Waals surface area contributed by atoms with Crippen molar-refractivity contribution in [3.8, 4) is 23.2 Å². The van der Waals surface area contributed by atoms with Gasteiger partial charge in [-0.25, -0.2) is 13.4 Å². The number of sulfonamides is 1. The lowest BCUT2D eigenvalue weighted by molar-refractivity contribution is -0.147. The third-order valence-corrected chi connectivity index (χ3v) is 6.80. The Morgan fingerprint density at radius 3 is 2.54 bits per heavy atom. The zero-order chi connectivity index (χ0) is 25.4. The highest BCUT2D eigenvalue weighted by Crippen LogP contribution is 2.37. The van der Waals surface area contributed by atoms with Crippen LogP contribution in [-0.2, 0) is 10.0 Å². The van der Waals surface area contributed by atoms with Gasteiger partial charge in [-0.05, 0) is 43.7 Å². The molecule has 0 spiro atoms. The molecule has 182 valence electrons. The van der Waals surface area contributed by atoms with Crippen LogP contribution in [0.3, 0.4) is 0 Å². The average molecular weight is 504 g/mol. The van der Waals surface area contributed by atoms with Gasteiger partial charge in [-0.15, -0.1) is 0 Å². The predicted molar refractivity (Wildman–Crippen MR) is 123 cm³/mol. The molecule has 1 N–H and O–H groups in total. The van der Waals surface area contributed by atoms with Crippen LogP contribution in [-0.4, -0.2) is 41.8 Å². The molecule has 0 saturated heterocycles. The van der Waals surface area contributed by atoms with Gasteiger partial charge in [-0.2, -0.15) is 23.2 Å². The van der Waals surface area contributed by atoms with Crippen LogP contribution in [0.25, 0.3) is 28.1 Å². The molecule has 1 aliphatic rings. The summed E-state index contributed by atoms with van der Waals surface area (Å²) in [6, 6.07) is 4.09. The molecule has 35 heavy (non-hydrogen) atoms. The van der Waals surface area contributed by atoms with Crippen LogP contribution in [0.5, 0.6) is 5.75 Å². The van der Waals surface area contributed by atoms with Crippen molar-refractivity contribution in [3.05, 3.63) is 54.4 Å². The molecule has 0 saturated carbocycles. The van der Waals surface area contributed by atoms with Gasteiger partial charge >= 0.3 is 6.18 Å². The lowest BCUT2D eigenvalue weighted by Gasteiger charge is -2.17. The van der Waals surface area contributed by atoms with Gasteiger partial charge in [0.1, 0.15) is 28.4 Å². The third-order valence-electron chi connectivity index (χ3n) is 5.27. The van der Waals surface area contributed by atoms with Gasteiger partial charge in [0.2, 0.25) is 10.0 Å². The summed E-state index contributed by atoms with van der Waals surface area (Å²) in [7, 11) is -4.47. The average Bonchev–Trinajstić information content (AvgIpc) is 3.09. The Morgan fingerprint density at radius 2 is 2.00 bits per heavy atom. The van der Waals surface area contributed by atoms with Crippen LogP contribution in [0.2, 0.25) is 0 Å². The first-order chi connectivity index (χ1) is 16.6. The monoisotopic (exact) mass is 503 g/mol. The number of hydrogen-bond acceptors (Lipinski definition) is 6. The fourth-order valence-corrected chi connectivity index (χ4v) is 4.60. The fraction of sp³-hybridized carbons (Fsp3) is 0.261. The van der Waals surface area contributed by atoms with E-state index in [-0.39, 0.29) is 11.3 Å². The number of nitriles is 1. The van der Waals surface area contributed by atoms with Crippen molar-refractivity contribution in [2.45, 2.75) is 37.4 Å². The largest absolute Gasteiger partial charge is 0.492 e. The summed E-state index contributed by atoms with van der Waals surface area (Å²) in [4.78, 5) is 8.22. The number of alkyl halides is 3. The summed E-state index contributed by atoms with van der Waals surface area (Å²) in [5.74, 6) is 0.497. The highest BCUT2D eigenvalue weighted by Gasteiger charge is 2.39. The van der Waals surface area contributed by atoms with Crippen molar-refractivity contribution >= 4 is 26.8 Å². The fourth-order valence-electron chi connectivity index (χ4n) is 3.43. The molecule has 0 radical (unpaired) electrons. The van der Waals surface area contributed by atoms with Crippen molar-refractivity contribution < 1.29 is 26.3 Å². The van der Waals surface area contributed by atoms with Crippen molar-refractivity contribution in [3.63, 3.8) is 0 Å². The molecule has 0 fully saturated rings. The van der Waals surface area contributed by atoms with Gasteiger partial charge in [-0.3, -0.25) is 9.55 Å². The molecule has 1 aliphatic carbocycles. The Hall–Kier alpha value is -3.69. The summed E-state index contributed by atoms with van der Waals surface area (Å²) in [5, 5.41) is 10.5. The lowest BCUT2D eigenvalue weighted by atomic mass is 10.1. The molecule has 12 heteroatoms. The Kier molecular flexibility index (Phi) is 6.40. The minimum absolute atomic E-state index is 0.250. The smallest absolute Gasteiger partial charge is 0.404 e. The molecule has 0 aliphatic heterocycles. The molecule has 1 unspecified atom stereocenters. The summed E-state index contributed by atoms with van der Waals surface area (Å²) in [6.45, 7) is 3.16. The van der Waals surface area contributed by atoms with E-state index in [2.05, 4.69) is 16.0 Å². The summed E-state index contributed by atoms with van der Waals surface area (Å²) < 4.78 is 72.2. The second-order valence-corrected chi connectivity index (χ2v) is 9.49. The minimum Gasteiger partial charge on any atom is -0.492 e. The molecule has 0 amide bonds. The standard InChI is InChI=1S/C23H20F3N5O3S/c1-3-9-34-16-10-18-19(11-27)21(31(15-5-4-6-15)22(18)29-12-16)20-8-7-17(13-28-20)35(32,33)30-14(2)23(24,25)26/h4-8,10,12-14,30H,3,9H2,1-2H3. The summed E-state index contributed by atoms with van der Waals surface area (Å²) >= 11 is 0. The molecule has 8 nitrogen and oxygen atoms in total. The van der Waals surface area contributed by atoms with Gasteiger partial charge in [0, 0.05) is 17.3 Å². The van der Waals surface area contributed by atoms with Gasteiger partial charge in [0.15, 0.2) is 0 Å². The van der Waals surface area contributed by atoms with Crippen LogP contribution >= 0.6 is 0 Å². The van der Waals surface area contributed by atoms with Crippen LogP contribution in [0.1, 0.15) is 25.8 Å². The lowest BCUT2D eigenvalue weighted by Crippen LogP contribution is -2.42. The van der Waals surface area contributed by atoms with Gasteiger partial charge in [0.25, 0.3) is 0 Å². The minimum atomic E-state index is -4.74. The van der Waals surface area contributed by atoms with Gasteiger partial charge in [0.05, 0.1) is 29.8 Å².